The van der Waals surface area contributed by atoms with E-state index in [2.05, 4.69) is 62.8 Å². The quantitative estimate of drug-likeness (QED) is 0.0527. The molecule has 1 aromatic rings. The Bertz CT molecular complexity index is 1860. The van der Waals surface area contributed by atoms with Crippen molar-refractivity contribution in [2.45, 2.75) is 259 Å². The molecule has 6 N–H and O–H groups in total. The Morgan fingerprint density at radius 1 is 0.486 bits per heavy atom. The Hall–Kier alpha value is -3.45. The Morgan fingerprint density at radius 3 is 1.22 bits per heavy atom. The summed E-state index contributed by atoms with van der Waals surface area (Å²) in [7, 11) is 0. The van der Waals surface area contributed by atoms with E-state index in [0.29, 0.717) is 45.2 Å². The van der Waals surface area contributed by atoms with Crippen LogP contribution in [0.5, 0.6) is 0 Å². The summed E-state index contributed by atoms with van der Waals surface area (Å²) in [4.78, 5) is 87.7. The molecule has 0 radical (unpaired) electrons. The zero-order chi connectivity index (χ0) is 58.4. The Labute approximate surface area is 453 Å². The van der Waals surface area contributed by atoms with Gasteiger partial charge in [-0.25, -0.2) is 0 Å². The third-order valence-corrected chi connectivity index (χ3v) is 12.4. The van der Waals surface area contributed by atoms with Crippen LogP contribution in [0.2, 0.25) is 0 Å². The van der Waals surface area contributed by atoms with E-state index in [9.17, 15) is 33.6 Å². The number of Topliss-reactive ketones (excluding diaryl/α,β-unsaturated/α-hetero) is 6. The van der Waals surface area contributed by atoms with Gasteiger partial charge < -0.3 is 27.0 Å². The van der Waals surface area contributed by atoms with Gasteiger partial charge in [-0.05, 0) is 118 Å². The molecule has 0 spiro atoms. The van der Waals surface area contributed by atoms with Gasteiger partial charge in [0, 0.05) is 83.3 Å². The van der Waals surface area contributed by atoms with Crippen LogP contribution in [0.25, 0.3) is 0 Å². The molecule has 6 unspecified atom stereocenters. The van der Waals surface area contributed by atoms with Crippen LogP contribution in [0.3, 0.4) is 0 Å². The fourth-order valence-electron chi connectivity index (χ4n) is 8.83. The van der Waals surface area contributed by atoms with Crippen molar-refractivity contribution in [1.29, 1.82) is 0 Å². The van der Waals surface area contributed by atoms with Crippen LogP contribution in [0, 0.1) is 45.8 Å². The first-order chi connectivity index (χ1) is 33.3. The van der Waals surface area contributed by atoms with Gasteiger partial charge in [0.2, 0.25) is 5.91 Å². The third-order valence-electron chi connectivity index (χ3n) is 12.4. The molecule has 0 aliphatic rings. The number of hydrogen-bond donors (Lipinski definition) is 5. The second-order valence-electron chi connectivity index (χ2n) is 27.9. The summed E-state index contributed by atoms with van der Waals surface area (Å²) in [6.07, 6.45) is 5.30. The number of carbonyl (C=O) groups excluding carboxylic acids is 7. The standard InChI is InChI=1S/C24H40N2O2.C21H40N2O3.C17H33NO2/c1-23(2,3)22(28)19(14-10-11-15-25)17-21(27)20(26-24(4,5)6)16-18-12-8-7-9-13-18;1-14(2)18(23-21(7,8)9)17(25)13-16(19(26)20(4,5)6)11-10-12-22-15(3)24;1-11(2)14(18-17(7,8)9)13(19)10-12(3)15(20)16(4,5)6/h7-9,12-13,19-20,26H,10-11,14-17,25H2,1-6H3;14,16,18,23H,10-13H2,1-9H3,(H,22,24);11-12,14,18H,10H2,1-9H3. The van der Waals surface area contributed by atoms with Gasteiger partial charge >= 0.3 is 0 Å². The van der Waals surface area contributed by atoms with Gasteiger partial charge in [-0.2, -0.15) is 0 Å². The summed E-state index contributed by atoms with van der Waals surface area (Å²) >= 11 is 0. The van der Waals surface area contributed by atoms with Crippen LogP contribution < -0.4 is 27.0 Å². The number of amides is 1. The van der Waals surface area contributed by atoms with E-state index in [-0.39, 0.29) is 117 Å². The summed E-state index contributed by atoms with van der Waals surface area (Å²) in [6.45, 7) is 48.3. The summed E-state index contributed by atoms with van der Waals surface area (Å²) in [5.74, 6) is 0.345. The van der Waals surface area contributed by atoms with Crippen molar-refractivity contribution in [2.75, 3.05) is 13.1 Å². The monoisotopic (exact) mass is 1040 g/mol. The molecule has 6 atom stereocenters. The summed E-state index contributed by atoms with van der Waals surface area (Å²) in [5, 5.41) is 13.0. The van der Waals surface area contributed by atoms with Gasteiger partial charge in [0.1, 0.15) is 17.3 Å². The number of ketones is 6. The first-order valence-corrected chi connectivity index (χ1v) is 27.9. The summed E-state index contributed by atoms with van der Waals surface area (Å²) in [5.41, 5.74) is 4.97. The summed E-state index contributed by atoms with van der Waals surface area (Å²) in [6, 6.07) is 9.30. The van der Waals surface area contributed by atoms with Crippen molar-refractivity contribution < 1.29 is 33.6 Å². The molecule has 74 heavy (non-hydrogen) atoms. The highest BCUT2D eigenvalue weighted by atomic mass is 16.2. The van der Waals surface area contributed by atoms with E-state index >= 15 is 0 Å². The zero-order valence-electron chi connectivity index (χ0n) is 51.7. The van der Waals surface area contributed by atoms with Crippen molar-refractivity contribution >= 4 is 40.6 Å². The van der Waals surface area contributed by atoms with Gasteiger partial charge in [0.25, 0.3) is 0 Å². The van der Waals surface area contributed by atoms with E-state index < -0.39 is 10.8 Å². The maximum Gasteiger partial charge on any atom is 0.216 e. The second kappa shape index (κ2) is 32.3. The van der Waals surface area contributed by atoms with Crippen molar-refractivity contribution in [3.8, 4) is 0 Å². The van der Waals surface area contributed by atoms with Crippen LogP contribution >= 0.6 is 0 Å². The van der Waals surface area contributed by atoms with E-state index in [1.807, 2.05) is 148 Å². The Morgan fingerprint density at radius 2 is 0.865 bits per heavy atom. The minimum atomic E-state index is -0.482. The molecule has 1 amide bonds. The minimum Gasteiger partial charge on any atom is -0.356 e. The number of carbonyl (C=O) groups is 7. The predicted octanol–water partition coefficient (Wildman–Crippen LogP) is 11.4. The van der Waals surface area contributed by atoms with Crippen LogP contribution in [0.1, 0.15) is 223 Å². The van der Waals surface area contributed by atoms with E-state index in [4.69, 9.17) is 5.73 Å². The van der Waals surface area contributed by atoms with Gasteiger partial charge in [0.05, 0.1) is 18.1 Å². The minimum absolute atomic E-state index is 0.0750. The topological polar surface area (TPSA) is 194 Å². The molecule has 0 fully saturated rings. The molecule has 0 heterocycles. The van der Waals surface area contributed by atoms with Crippen LogP contribution in [0.15, 0.2) is 30.3 Å². The van der Waals surface area contributed by atoms with E-state index in [1.54, 1.807) is 0 Å². The molecule has 0 aliphatic heterocycles. The van der Waals surface area contributed by atoms with Crippen molar-refractivity contribution in [3.63, 3.8) is 0 Å². The number of benzene rings is 1. The highest BCUT2D eigenvalue weighted by Gasteiger charge is 2.36. The molecule has 0 aromatic heterocycles. The Kier molecular flexibility index (Phi) is 31.7. The molecular weight excluding hydrogens is 927 g/mol. The molecule has 0 aliphatic carbocycles. The first-order valence-electron chi connectivity index (χ1n) is 27.9. The van der Waals surface area contributed by atoms with E-state index in [0.717, 1.165) is 24.8 Å². The van der Waals surface area contributed by atoms with Crippen LogP contribution in [-0.2, 0) is 40.0 Å². The van der Waals surface area contributed by atoms with Crippen LogP contribution in [0.4, 0.5) is 0 Å². The fraction of sp³-hybridized carbons (Fsp3) is 0.790. The molecule has 0 bridgehead atoms. The molecule has 1 aromatic carbocycles. The molecule has 12 heteroatoms. The highest BCUT2D eigenvalue weighted by Crippen LogP contribution is 2.29. The van der Waals surface area contributed by atoms with Gasteiger partial charge in [0.15, 0.2) is 17.3 Å². The van der Waals surface area contributed by atoms with Gasteiger partial charge in [-0.15, -0.1) is 0 Å². The smallest absolute Gasteiger partial charge is 0.216 e. The van der Waals surface area contributed by atoms with Crippen molar-refractivity contribution in [3.05, 3.63) is 35.9 Å². The van der Waals surface area contributed by atoms with Crippen molar-refractivity contribution in [2.24, 2.45) is 51.6 Å². The van der Waals surface area contributed by atoms with Gasteiger partial charge in [-0.1, -0.05) is 134 Å². The molecule has 1 rings (SSSR count). The molecule has 0 saturated heterocycles. The molecule has 428 valence electrons. The lowest BCUT2D eigenvalue weighted by molar-refractivity contribution is -0.134. The molecule has 0 saturated carbocycles. The number of hydrogen-bond acceptors (Lipinski definition) is 11. The number of rotatable bonds is 27. The lowest BCUT2D eigenvalue weighted by Gasteiger charge is -2.32. The molecular formula is C62H113N5O7. The maximum absolute atomic E-state index is 13.3. The third kappa shape index (κ3) is 32.9. The average Bonchev–Trinajstić information content (AvgIpc) is 3.22. The molecule has 12 nitrogen and oxygen atoms in total. The van der Waals surface area contributed by atoms with Crippen molar-refractivity contribution in [1.82, 2.24) is 21.3 Å². The fourth-order valence-corrected chi connectivity index (χ4v) is 8.83. The second-order valence-corrected chi connectivity index (χ2v) is 27.9. The highest BCUT2D eigenvalue weighted by molar-refractivity contribution is 5.94. The van der Waals surface area contributed by atoms with Crippen LogP contribution in [-0.4, -0.2) is 88.4 Å². The summed E-state index contributed by atoms with van der Waals surface area (Å²) < 4.78 is 0. The van der Waals surface area contributed by atoms with E-state index in [1.165, 1.54) is 6.92 Å². The Balaban J connectivity index is 0. The maximum atomic E-state index is 13.3. The number of nitrogens with two attached hydrogens (primary N) is 1. The number of unbranched alkanes of at least 4 members (excludes halogenated alkanes) is 1. The lowest BCUT2D eigenvalue weighted by atomic mass is 9.77. The number of nitrogens with one attached hydrogen (secondary N) is 4. The first kappa shape index (κ1) is 72.6. The van der Waals surface area contributed by atoms with Gasteiger partial charge in [-0.3, -0.25) is 33.6 Å². The predicted molar refractivity (Wildman–Crippen MR) is 309 cm³/mol. The SMILES string of the molecule is CC(=O)NCCCC(CC(=O)C(NC(C)(C)C)C(C)C)C(=O)C(C)(C)C.CC(C)(C)NC(Cc1ccccc1)C(=O)CC(CCCCN)C(=O)C(C)(C)C.CC(CC(=O)C(NC(C)(C)C)C(C)C)C(=O)C(C)(C)C. The average molecular weight is 1040 g/mol. The lowest BCUT2D eigenvalue weighted by Crippen LogP contribution is -2.51. The zero-order valence-corrected chi connectivity index (χ0v) is 51.7. The normalized spacial score (nSPS) is 15.1. The largest absolute Gasteiger partial charge is 0.356 e.